The van der Waals surface area contributed by atoms with Crippen molar-refractivity contribution < 1.29 is 32.6 Å². The van der Waals surface area contributed by atoms with E-state index in [-0.39, 0.29) is 23.7 Å². The highest BCUT2D eigenvalue weighted by molar-refractivity contribution is 6.42. The van der Waals surface area contributed by atoms with Gasteiger partial charge in [-0.3, -0.25) is 9.59 Å². The van der Waals surface area contributed by atoms with Crippen LogP contribution in [0.3, 0.4) is 0 Å². The van der Waals surface area contributed by atoms with Crippen molar-refractivity contribution in [2.24, 2.45) is 0 Å². The highest BCUT2D eigenvalue weighted by atomic mass is 35.5. The molecule has 0 unspecified atom stereocenters. The maximum absolute atomic E-state index is 12.9. The summed E-state index contributed by atoms with van der Waals surface area (Å²) < 4.78 is 44.0. The van der Waals surface area contributed by atoms with E-state index in [1.807, 2.05) is 0 Å². The average molecular weight is 516 g/mol. The number of carbonyl (C=O) groups excluding carboxylic acids is 2. The van der Waals surface area contributed by atoms with Crippen molar-refractivity contribution in [1.82, 2.24) is 15.6 Å². The Bertz CT molecular complexity index is 1180. The third-order valence-corrected chi connectivity index (χ3v) is 6.33. The smallest absolute Gasteiger partial charge is 0.433 e. The Morgan fingerprint density at radius 2 is 1.91 bits per heavy atom. The second-order valence-electron chi connectivity index (χ2n) is 8.14. The summed E-state index contributed by atoms with van der Waals surface area (Å²) in [6.45, 7) is -0.329. The summed E-state index contributed by atoms with van der Waals surface area (Å²) in [5, 5.41) is 16.5. The van der Waals surface area contributed by atoms with Crippen LogP contribution in [0.15, 0.2) is 47.7 Å². The first-order chi connectivity index (χ1) is 16.0. The van der Waals surface area contributed by atoms with E-state index >= 15 is 0 Å². The van der Waals surface area contributed by atoms with Gasteiger partial charge < -0.3 is 20.5 Å². The van der Waals surface area contributed by atoms with Crippen molar-refractivity contribution in [2.45, 2.75) is 37.1 Å². The Morgan fingerprint density at radius 3 is 2.56 bits per heavy atom. The maximum Gasteiger partial charge on any atom is 0.433 e. The highest BCUT2D eigenvalue weighted by Gasteiger charge is 2.50. The van der Waals surface area contributed by atoms with Crippen LogP contribution < -0.4 is 15.4 Å². The molecule has 3 aliphatic rings. The van der Waals surface area contributed by atoms with Gasteiger partial charge >= 0.3 is 6.18 Å². The van der Waals surface area contributed by atoms with Gasteiger partial charge in [-0.05, 0) is 42.7 Å². The van der Waals surface area contributed by atoms with Crippen LogP contribution in [0.25, 0.3) is 0 Å². The molecule has 1 aromatic carbocycles. The highest BCUT2D eigenvalue weighted by Crippen LogP contribution is 2.48. The number of aliphatic hydroxyl groups is 1. The summed E-state index contributed by atoms with van der Waals surface area (Å²) in [5.41, 5.74) is -1.26. The molecule has 2 aromatic rings. The molecule has 3 aliphatic carbocycles. The number of nitrogens with zero attached hydrogens (tertiary/aromatic N) is 1. The van der Waals surface area contributed by atoms with E-state index in [2.05, 4.69) is 15.6 Å². The van der Waals surface area contributed by atoms with Crippen molar-refractivity contribution in [3.8, 4) is 5.75 Å². The number of hydrogen-bond donors (Lipinski definition) is 3. The third kappa shape index (κ3) is 5.13. The van der Waals surface area contributed by atoms with Crippen LogP contribution >= 0.6 is 23.2 Å². The monoisotopic (exact) mass is 515 g/mol. The first-order valence-corrected chi connectivity index (χ1v) is 10.9. The number of ether oxygens (including phenoxy) is 1. The van der Waals surface area contributed by atoms with Gasteiger partial charge in [-0.25, -0.2) is 4.98 Å². The molecule has 180 valence electrons. The molecule has 1 atom stereocenters. The lowest BCUT2D eigenvalue weighted by molar-refractivity contribution is -0.141. The van der Waals surface area contributed by atoms with E-state index in [4.69, 9.17) is 27.9 Å². The Balaban J connectivity index is 1.35. The number of aromatic nitrogens is 1. The molecule has 7 nitrogen and oxygen atoms in total. The van der Waals surface area contributed by atoms with Gasteiger partial charge in [0.05, 0.1) is 21.7 Å². The molecule has 2 amide bonds. The van der Waals surface area contributed by atoms with Crippen molar-refractivity contribution >= 4 is 35.0 Å². The van der Waals surface area contributed by atoms with Crippen molar-refractivity contribution in [3.05, 3.63) is 69.1 Å². The van der Waals surface area contributed by atoms with Crippen LogP contribution in [0.5, 0.6) is 5.75 Å². The molecule has 0 aliphatic heterocycles. The summed E-state index contributed by atoms with van der Waals surface area (Å²) >= 11 is 11.7. The number of halogens is 5. The van der Waals surface area contributed by atoms with E-state index in [0.717, 1.165) is 17.7 Å². The van der Waals surface area contributed by atoms with E-state index in [1.165, 1.54) is 18.2 Å². The second kappa shape index (κ2) is 9.09. The number of carbonyl (C=O) groups is 2. The fraction of sp³-hybridized carbons (Fsp3) is 0.318. The largest absolute Gasteiger partial charge is 0.484 e. The minimum Gasteiger partial charge on any atom is -0.484 e. The molecule has 1 fully saturated rings. The number of nitrogens with one attached hydrogen (secondary N) is 2. The number of pyridine rings is 1. The van der Waals surface area contributed by atoms with Gasteiger partial charge in [-0.2, -0.15) is 13.2 Å². The average Bonchev–Trinajstić information content (AvgIpc) is 2.75. The maximum atomic E-state index is 12.9. The quantitative estimate of drug-likeness (QED) is 0.541. The molecule has 34 heavy (non-hydrogen) atoms. The van der Waals surface area contributed by atoms with Crippen molar-refractivity contribution in [3.63, 3.8) is 0 Å². The van der Waals surface area contributed by atoms with Crippen LogP contribution in [-0.4, -0.2) is 40.2 Å². The fourth-order valence-electron chi connectivity index (χ4n) is 4.04. The summed E-state index contributed by atoms with van der Waals surface area (Å²) in [5.74, 6) is -0.913. The van der Waals surface area contributed by atoms with Gasteiger partial charge in [-0.1, -0.05) is 29.3 Å². The Labute approximate surface area is 201 Å². The second-order valence-corrected chi connectivity index (χ2v) is 8.96. The van der Waals surface area contributed by atoms with E-state index in [9.17, 15) is 27.9 Å². The van der Waals surface area contributed by atoms with Crippen LogP contribution in [0.1, 0.15) is 35.4 Å². The van der Waals surface area contributed by atoms with Gasteiger partial charge in [0.15, 0.2) is 6.61 Å². The summed E-state index contributed by atoms with van der Waals surface area (Å²) in [6.07, 6.45) is -4.96. The molecule has 0 radical (unpaired) electrons. The van der Waals surface area contributed by atoms with Crippen LogP contribution in [0, 0.1) is 0 Å². The number of rotatable bonds is 6. The van der Waals surface area contributed by atoms with E-state index in [1.54, 1.807) is 6.07 Å². The molecule has 1 heterocycles. The van der Waals surface area contributed by atoms with Gasteiger partial charge in [-0.15, -0.1) is 0 Å². The van der Waals surface area contributed by atoms with Gasteiger partial charge in [0.25, 0.3) is 11.8 Å². The van der Waals surface area contributed by atoms with Gasteiger partial charge in [0.1, 0.15) is 17.1 Å². The minimum atomic E-state index is -4.67. The normalized spacial score (nSPS) is 21.5. The van der Waals surface area contributed by atoms with Gasteiger partial charge in [0, 0.05) is 18.2 Å². The van der Waals surface area contributed by atoms with E-state index < -0.39 is 35.3 Å². The summed E-state index contributed by atoms with van der Waals surface area (Å²) in [7, 11) is 0. The standard InChI is InChI=1S/C22H18Cl2F3N3O4/c23-13-5-4-12(6-14(13)24)34-10-18(32)29-19-11-7-21(8-11,9-16(19)31)30-20(33)15-2-1-3-17(28-15)22(25,26)27/h1-6,16,31H,7-10H2,(H,29,32)(H,30,33)/t16-/m0/s1. The van der Waals surface area contributed by atoms with Crippen LogP contribution in [0.4, 0.5) is 13.2 Å². The molecule has 3 N–H and O–H groups in total. The van der Waals surface area contributed by atoms with Crippen LogP contribution in [-0.2, 0) is 11.0 Å². The number of hydrogen-bond acceptors (Lipinski definition) is 5. The lowest BCUT2D eigenvalue weighted by atomic mass is 9.63. The number of aliphatic hydroxyl groups excluding tert-OH is 1. The fourth-order valence-corrected chi connectivity index (χ4v) is 4.33. The number of benzene rings is 1. The van der Waals surface area contributed by atoms with Crippen molar-refractivity contribution in [2.75, 3.05) is 6.61 Å². The molecule has 12 heteroatoms. The lowest BCUT2D eigenvalue weighted by Gasteiger charge is -2.51. The number of amides is 2. The molecule has 2 bridgehead atoms. The topological polar surface area (TPSA) is 101 Å². The molecular formula is C22H18Cl2F3N3O4. The summed E-state index contributed by atoms with van der Waals surface area (Å²) in [6, 6.07) is 7.64. The zero-order chi connectivity index (χ0) is 24.7. The van der Waals surface area contributed by atoms with Gasteiger partial charge in [0.2, 0.25) is 0 Å². The van der Waals surface area contributed by atoms with Crippen molar-refractivity contribution in [1.29, 1.82) is 0 Å². The minimum absolute atomic E-state index is 0.0878. The Morgan fingerprint density at radius 1 is 1.18 bits per heavy atom. The number of fused-ring (bicyclic) bond motifs is 2. The zero-order valence-electron chi connectivity index (χ0n) is 17.4. The lowest BCUT2D eigenvalue weighted by Crippen LogP contribution is -2.61. The zero-order valence-corrected chi connectivity index (χ0v) is 18.9. The molecule has 1 aromatic heterocycles. The predicted octanol–water partition coefficient (Wildman–Crippen LogP) is 3.88. The molecule has 0 spiro atoms. The number of alkyl halides is 3. The SMILES string of the molecule is O=C(COc1ccc(Cl)c(Cl)c1)NC1=C2CC(NC(=O)c3cccc(C(F)(F)F)n3)(C2)C[C@@H]1O. The third-order valence-electron chi connectivity index (χ3n) is 5.59. The van der Waals surface area contributed by atoms with E-state index in [0.29, 0.717) is 29.3 Å². The first-order valence-electron chi connectivity index (χ1n) is 10.1. The Kier molecular flexibility index (Phi) is 6.50. The molecular weight excluding hydrogens is 498 g/mol. The Hall–Kier alpha value is -2.82. The molecule has 0 saturated heterocycles. The summed E-state index contributed by atoms with van der Waals surface area (Å²) in [4.78, 5) is 28.2. The molecule has 5 rings (SSSR count). The van der Waals surface area contributed by atoms with Crippen LogP contribution in [0.2, 0.25) is 10.0 Å². The molecule has 1 saturated carbocycles. The predicted molar refractivity (Wildman–Crippen MR) is 116 cm³/mol. The first kappa shape index (κ1) is 24.3.